The third-order valence-electron chi connectivity index (χ3n) is 2.52. The summed E-state index contributed by atoms with van der Waals surface area (Å²) in [5, 5.41) is 3.70. The van der Waals surface area contributed by atoms with Crippen LogP contribution in [0.2, 0.25) is 0 Å². The summed E-state index contributed by atoms with van der Waals surface area (Å²) in [6.45, 7) is 5.04. The first kappa shape index (κ1) is 12.1. The predicted molar refractivity (Wildman–Crippen MR) is 51.5 cm³/mol. The fourth-order valence-corrected chi connectivity index (χ4v) is 1.27. The van der Waals surface area contributed by atoms with Gasteiger partial charge in [-0.05, 0) is 17.4 Å². The Morgan fingerprint density at radius 2 is 1.93 bits per heavy atom. The lowest BCUT2D eigenvalue weighted by Gasteiger charge is -2.12. The first-order valence-electron chi connectivity index (χ1n) is 4.88. The fourth-order valence-electron chi connectivity index (χ4n) is 1.27. The molecule has 1 aromatic heterocycles. The molecule has 15 heavy (non-hydrogen) atoms. The van der Waals surface area contributed by atoms with Crippen molar-refractivity contribution in [2.24, 2.45) is 5.92 Å². The third-order valence-corrected chi connectivity index (χ3v) is 2.52. The highest BCUT2D eigenvalue weighted by atomic mass is 19.4. The monoisotopic (exact) mass is 220 g/mol. The van der Waals surface area contributed by atoms with E-state index in [9.17, 15) is 13.2 Å². The Hall–Kier alpha value is -1.00. The smallest absolute Gasteiger partial charge is 0.263 e. The second-order valence-corrected chi connectivity index (χ2v) is 4.12. The van der Waals surface area contributed by atoms with Gasteiger partial charge >= 0.3 is 6.18 Å². The summed E-state index contributed by atoms with van der Waals surface area (Å²) in [4.78, 5) is 0. The summed E-state index contributed by atoms with van der Waals surface area (Å²) >= 11 is 0. The quantitative estimate of drug-likeness (QED) is 0.764. The largest absolute Gasteiger partial charge is 0.408 e. The Kier molecular flexibility index (Phi) is 3.42. The third kappa shape index (κ3) is 3.57. The molecular weight excluding hydrogens is 205 g/mol. The van der Waals surface area contributed by atoms with Gasteiger partial charge in [-0.1, -0.05) is 20.8 Å². The molecule has 1 aromatic rings. The van der Waals surface area contributed by atoms with Crippen LogP contribution in [0.15, 0.2) is 12.4 Å². The highest BCUT2D eigenvalue weighted by Crippen LogP contribution is 2.24. The molecule has 1 heterocycles. The molecule has 2 nitrogen and oxygen atoms in total. The van der Waals surface area contributed by atoms with Gasteiger partial charge in [0, 0.05) is 6.20 Å². The molecular formula is C10H15F3N2. The number of hydrogen-bond acceptors (Lipinski definition) is 1. The van der Waals surface area contributed by atoms with Crippen molar-refractivity contribution in [2.45, 2.75) is 39.4 Å². The molecule has 0 saturated heterocycles. The molecule has 5 heteroatoms. The van der Waals surface area contributed by atoms with Crippen LogP contribution in [0, 0.1) is 5.92 Å². The van der Waals surface area contributed by atoms with Crippen LogP contribution >= 0.6 is 0 Å². The van der Waals surface area contributed by atoms with Crippen LogP contribution in [0.4, 0.5) is 13.2 Å². The van der Waals surface area contributed by atoms with Gasteiger partial charge < -0.3 is 0 Å². The van der Waals surface area contributed by atoms with Crippen molar-refractivity contribution in [3.63, 3.8) is 0 Å². The van der Waals surface area contributed by atoms with Gasteiger partial charge in [0.1, 0.15) is 6.54 Å². The molecule has 0 aromatic carbocycles. The summed E-state index contributed by atoms with van der Waals surface area (Å²) in [6.07, 6.45) is -1.22. The Bertz CT molecular complexity index is 315. The molecule has 0 aliphatic rings. The van der Waals surface area contributed by atoms with E-state index in [2.05, 4.69) is 5.10 Å². The van der Waals surface area contributed by atoms with E-state index in [1.807, 2.05) is 20.8 Å². The van der Waals surface area contributed by atoms with E-state index in [0.717, 1.165) is 10.2 Å². The number of hydrogen-bond donors (Lipinski definition) is 0. The normalized spacial score (nSPS) is 14.6. The average molecular weight is 220 g/mol. The number of halogens is 3. The van der Waals surface area contributed by atoms with Gasteiger partial charge in [0.2, 0.25) is 0 Å². The van der Waals surface area contributed by atoms with E-state index in [-0.39, 0.29) is 5.92 Å². The van der Waals surface area contributed by atoms with Gasteiger partial charge in [-0.15, -0.1) is 0 Å². The molecule has 1 atom stereocenters. The molecule has 0 N–H and O–H groups in total. The van der Waals surface area contributed by atoms with Crippen molar-refractivity contribution in [1.29, 1.82) is 0 Å². The standard InChI is InChI=1S/C10H15F3N2/c1-7(2)8(3)9-4-14-15(5-9)6-10(11,12)13/h4-5,7-8H,6H2,1-3H3. The van der Waals surface area contributed by atoms with Crippen molar-refractivity contribution in [3.05, 3.63) is 18.0 Å². The van der Waals surface area contributed by atoms with E-state index < -0.39 is 12.7 Å². The second kappa shape index (κ2) is 4.24. The fraction of sp³-hybridized carbons (Fsp3) is 0.700. The second-order valence-electron chi connectivity index (χ2n) is 4.12. The molecule has 0 radical (unpaired) electrons. The highest BCUT2D eigenvalue weighted by Gasteiger charge is 2.28. The SMILES string of the molecule is CC(C)C(C)c1cnn(CC(F)(F)F)c1. The van der Waals surface area contributed by atoms with Crippen molar-refractivity contribution in [3.8, 4) is 0 Å². The van der Waals surface area contributed by atoms with Gasteiger partial charge in [0.05, 0.1) is 6.20 Å². The van der Waals surface area contributed by atoms with E-state index >= 15 is 0 Å². The molecule has 0 aliphatic carbocycles. The van der Waals surface area contributed by atoms with Crippen molar-refractivity contribution in [2.75, 3.05) is 0 Å². The Balaban J connectivity index is 2.72. The molecule has 0 fully saturated rings. The summed E-state index contributed by atoms with van der Waals surface area (Å²) < 4.78 is 37.1. The molecule has 0 spiro atoms. The number of nitrogens with zero attached hydrogens (tertiary/aromatic N) is 2. The molecule has 86 valence electrons. The van der Waals surface area contributed by atoms with Crippen LogP contribution in [-0.2, 0) is 6.54 Å². The Morgan fingerprint density at radius 1 is 1.33 bits per heavy atom. The number of aromatic nitrogens is 2. The Morgan fingerprint density at radius 3 is 2.40 bits per heavy atom. The maximum absolute atomic E-state index is 12.0. The van der Waals surface area contributed by atoms with Gasteiger partial charge in [-0.25, -0.2) is 0 Å². The van der Waals surface area contributed by atoms with Crippen molar-refractivity contribution in [1.82, 2.24) is 9.78 Å². The van der Waals surface area contributed by atoms with Crippen LogP contribution in [-0.4, -0.2) is 16.0 Å². The summed E-state index contributed by atoms with van der Waals surface area (Å²) in [5.74, 6) is 0.625. The summed E-state index contributed by atoms with van der Waals surface area (Å²) in [6, 6.07) is 0. The first-order valence-corrected chi connectivity index (χ1v) is 4.88. The lowest BCUT2D eigenvalue weighted by Crippen LogP contribution is -2.17. The maximum Gasteiger partial charge on any atom is 0.408 e. The first-order chi connectivity index (χ1) is 6.79. The molecule has 0 bridgehead atoms. The average Bonchev–Trinajstić information content (AvgIpc) is 2.48. The predicted octanol–water partition coefficient (Wildman–Crippen LogP) is 3.20. The Labute approximate surface area is 87.1 Å². The minimum Gasteiger partial charge on any atom is -0.263 e. The lowest BCUT2D eigenvalue weighted by atomic mass is 9.93. The van der Waals surface area contributed by atoms with E-state index in [1.54, 1.807) is 0 Å². The maximum atomic E-state index is 12.0. The van der Waals surface area contributed by atoms with Crippen LogP contribution in [0.1, 0.15) is 32.3 Å². The van der Waals surface area contributed by atoms with Crippen LogP contribution in [0.25, 0.3) is 0 Å². The van der Waals surface area contributed by atoms with Crippen LogP contribution in [0.5, 0.6) is 0 Å². The highest BCUT2D eigenvalue weighted by molar-refractivity contribution is 5.10. The number of rotatable bonds is 3. The van der Waals surface area contributed by atoms with Gasteiger partial charge in [0.25, 0.3) is 0 Å². The zero-order valence-corrected chi connectivity index (χ0v) is 9.04. The lowest BCUT2D eigenvalue weighted by molar-refractivity contribution is -0.142. The van der Waals surface area contributed by atoms with E-state index in [1.165, 1.54) is 12.4 Å². The minimum atomic E-state index is -4.20. The van der Waals surface area contributed by atoms with E-state index in [0.29, 0.717) is 5.92 Å². The van der Waals surface area contributed by atoms with Crippen LogP contribution < -0.4 is 0 Å². The zero-order chi connectivity index (χ0) is 11.6. The van der Waals surface area contributed by atoms with Gasteiger partial charge in [-0.3, -0.25) is 4.68 Å². The van der Waals surface area contributed by atoms with Gasteiger partial charge in [-0.2, -0.15) is 18.3 Å². The molecule has 1 rings (SSSR count). The van der Waals surface area contributed by atoms with Gasteiger partial charge in [0.15, 0.2) is 0 Å². The molecule has 0 amide bonds. The molecule has 0 saturated carbocycles. The van der Waals surface area contributed by atoms with Crippen LogP contribution in [0.3, 0.4) is 0 Å². The summed E-state index contributed by atoms with van der Waals surface area (Å²) in [7, 11) is 0. The number of alkyl halides is 3. The topological polar surface area (TPSA) is 17.8 Å². The summed E-state index contributed by atoms with van der Waals surface area (Å²) in [5.41, 5.74) is 0.856. The van der Waals surface area contributed by atoms with E-state index in [4.69, 9.17) is 0 Å². The minimum absolute atomic E-state index is 0.229. The molecule has 0 aliphatic heterocycles. The molecule has 1 unspecified atom stereocenters. The zero-order valence-electron chi connectivity index (χ0n) is 9.04. The van der Waals surface area contributed by atoms with Crippen molar-refractivity contribution < 1.29 is 13.2 Å². The van der Waals surface area contributed by atoms with Crippen molar-refractivity contribution >= 4 is 0 Å².